The highest BCUT2D eigenvalue weighted by Gasteiger charge is 2.29. The van der Waals surface area contributed by atoms with E-state index in [2.05, 4.69) is 175 Å². The van der Waals surface area contributed by atoms with Gasteiger partial charge in [0, 0.05) is 33.0 Å². The van der Waals surface area contributed by atoms with Crippen molar-refractivity contribution in [2.24, 2.45) is 0 Å². The number of aromatic nitrogens is 1. The number of para-hydroxylation sites is 1. The molecular formula is C50H34N2. The van der Waals surface area contributed by atoms with Gasteiger partial charge in [0.05, 0.1) is 17.3 Å². The molecule has 52 heavy (non-hydrogen) atoms. The lowest BCUT2D eigenvalue weighted by atomic mass is 9.80. The number of aryl methyl sites for hydroxylation is 1. The number of anilines is 1. The van der Waals surface area contributed by atoms with Gasteiger partial charge in [-0.1, -0.05) is 140 Å². The summed E-state index contributed by atoms with van der Waals surface area (Å²) in [5, 5.41) is 12.7. The predicted octanol–water partition coefficient (Wildman–Crippen LogP) is 13.2. The lowest BCUT2D eigenvalue weighted by molar-refractivity contribution is 0.933. The summed E-state index contributed by atoms with van der Waals surface area (Å²) in [5.41, 5.74) is 14.6. The Labute approximate surface area is 302 Å². The first kappa shape index (κ1) is 29.2. The summed E-state index contributed by atoms with van der Waals surface area (Å²) in [6, 6.07) is 58.0. The molecule has 2 heteroatoms. The molecule has 0 spiro atoms. The second-order valence-electron chi connectivity index (χ2n) is 14.2. The van der Waals surface area contributed by atoms with Gasteiger partial charge >= 0.3 is 0 Å². The number of hydrogen-bond acceptors (Lipinski definition) is 2. The first-order valence-electron chi connectivity index (χ1n) is 18.3. The van der Waals surface area contributed by atoms with Crippen LogP contribution in [0.4, 0.5) is 5.69 Å². The molecule has 1 N–H and O–H groups in total. The quantitative estimate of drug-likeness (QED) is 0.190. The molecule has 11 rings (SSSR count). The maximum Gasteiger partial charge on any atom is 0.0788 e. The van der Waals surface area contributed by atoms with Crippen molar-refractivity contribution in [1.29, 1.82) is 0 Å². The minimum atomic E-state index is 0.00638. The van der Waals surface area contributed by atoms with Crippen molar-refractivity contribution in [1.82, 2.24) is 4.98 Å². The molecule has 244 valence electrons. The molecule has 1 unspecified atom stereocenters. The van der Waals surface area contributed by atoms with E-state index in [4.69, 9.17) is 4.98 Å². The van der Waals surface area contributed by atoms with Crippen molar-refractivity contribution >= 4 is 55.0 Å². The zero-order valence-electron chi connectivity index (χ0n) is 28.6. The Kier molecular flexibility index (Phi) is 6.47. The van der Waals surface area contributed by atoms with Gasteiger partial charge in [-0.05, 0) is 104 Å². The van der Waals surface area contributed by atoms with Gasteiger partial charge in [-0.25, -0.2) is 4.98 Å². The van der Waals surface area contributed by atoms with Gasteiger partial charge in [0.1, 0.15) is 0 Å². The van der Waals surface area contributed by atoms with Crippen LogP contribution in [0.1, 0.15) is 34.7 Å². The van der Waals surface area contributed by atoms with Gasteiger partial charge in [-0.15, -0.1) is 0 Å². The van der Waals surface area contributed by atoms with Crippen molar-refractivity contribution in [2.75, 3.05) is 5.32 Å². The third kappa shape index (κ3) is 4.41. The molecule has 8 aromatic carbocycles. The molecule has 1 aliphatic heterocycles. The Bertz CT molecular complexity index is 2920. The van der Waals surface area contributed by atoms with Gasteiger partial charge in [-0.2, -0.15) is 0 Å². The Morgan fingerprint density at radius 1 is 0.538 bits per heavy atom. The van der Waals surface area contributed by atoms with E-state index in [0.717, 1.165) is 29.6 Å². The fourth-order valence-corrected chi connectivity index (χ4v) is 8.95. The summed E-state index contributed by atoms with van der Waals surface area (Å²) in [6.07, 6.45) is 6.69. The van der Waals surface area contributed by atoms with Gasteiger partial charge in [0.15, 0.2) is 0 Å². The van der Waals surface area contributed by atoms with E-state index in [1.807, 2.05) is 0 Å². The summed E-state index contributed by atoms with van der Waals surface area (Å²) in [5.74, 6) is 0. The van der Waals surface area contributed by atoms with Crippen LogP contribution in [0.2, 0.25) is 0 Å². The maximum absolute atomic E-state index is 5.49. The first-order valence-corrected chi connectivity index (χ1v) is 18.3. The topological polar surface area (TPSA) is 24.9 Å². The van der Waals surface area contributed by atoms with Gasteiger partial charge < -0.3 is 5.32 Å². The van der Waals surface area contributed by atoms with Crippen LogP contribution in [0.5, 0.6) is 0 Å². The van der Waals surface area contributed by atoms with Crippen LogP contribution in [-0.2, 0) is 6.42 Å². The molecule has 0 saturated heterocycles. The number of benzene rings is 8. The summed E-state index contributed by atoms with van der Waals surface area (Å²) < 4.78 is 0. The smallest absolute Gasteiger partial charge is 0.0788 e. The predicted molar refractivity (Wildman–Crippen MR) is 220 cm³/mol. The fraction of sp³-hybridized carbons (Fsp3) is 0.0600. The van der Waals surface area contributed by atoms with Crippen LogP contribution in [0.25, 0.3) is 82.8 Å². The summed E-state index contributed by atoms with van der Waals surface area (Å²) in [4.78, 5) is 5.49. The fourth-order valence-electron chi connectivity index (χ4n) is 8.95. The molecule has 0 amide bonds. The number of pyridine rings is 1. The number of hydrogen-bond donors (Lipinski definition) is 1. The molecule has 2 heterocycles. The summed E-state index contributed by atoms with van der Waals surface area (Å²) in [6.45, 7) is 0. The van der Waals surface area contributed by atoms with Gasteiger partial charge in [-0.3, -0.25) is 0 Å². The normalized spacial score (nSPS) is 14.7. The van der Waals surface area contributed by atoms with Crippen molar-refractivity contribution in [3.8, 4) is 33.5 Å². The zero-order valence-corrected chi connectivity index (χ0v) is 28.6. The van der Waals surface area contributed by atoms with Crippen LogP contribution in [-0.4, -0.2) is 4.98 Å². The van der Waals surface area contributed by atoms with Crippen LogP contribution >= 0.6 is 0 Å². The molecule has 9 aromatic rings. The number of nitrogens with zero attached hydrogens (tertiary/aromatic N) is 1. The molecule has 1 aromatic heterocycles. The largest absolute Gasteiger partial charge is 0.374 e. The molecule has 2 aliphatic rings. The molecule has 0 fully saturated rings. The lowest BCUT2D eigenvalue weighted by Crippen LogP contribution is -2.18. The third-order valence-electron chi connectivity index (χ3n) is 11.3. The Morgan fingerprint density at radius 3 is 2.04 bits per heavy atom. The van der Waals surface area contributed by atoms with E-state index in [0.29, 0.717) is 0 Å². The number of fused-ring (bicyclic) bond motifs is 11. The molecule has 1 aliphatic carbocycles. The van der Waals surface area contributed by atoms with E-state index in [1.54, 1.807) is 0 Å². The van der Waals surface area contributed by atoms with Crippen LogP contribution in [0, 0.1) is 0 Å². The minimum Gasteiger partial charge on any atom is -0.374 e. The van der Waals surface area contributed by atoms with Crippen molar-refractivity contribution in [3.63, 3.8) is 0 Å². The zero-order chi connectivity index (χ0) is 34.2. The molecule has 0 saturated carbocycles. The van der Waals surface area contributed by atoms with E-state index < -0.39 is 0 Å². The maximum atomic E-state index is 5.49. The highest BCUT2D eigenvalue weighted by molar-refractivity contribution is 6.26. The van der Waals surface area contributed by atoms with Crippen LogP contribution in [0.15, 0.2) is 164 Å². The monoisotopic (exact) mass is 662 g/mol. The van der Waals surface area contributed by atoms with E-state index in [1.165, 1.54) is 87.9 Å². The second-order valence-corrected chi connectivity index (χ2v) is 14.2. The highest BCUT2D eigenvalue weighted by atomic mass is 14.9. The summed E-state index contributed by atoms with van der Waals surface area (Å²) in [7, 11) is 0. The molecule has 0 bridgehead atoms. The average Bonchev–Trinajstić information content (AvgIpc) is 3.22. The Morgan fingerprint density at radius 2 is 1.21 bits per heavy atom. The molecule has 2 nitrogen and oxygen atoms in total. The standard InChI is InChI=1S/C50H34N2/c1-3-15-31(16-4-1)49-43-29-40(35-21-9-11-23-37(35)47(43)39-25-13-14-26-45(39)51-49)41-30-44-48(38-24-12-10-22-36(38)41)42-27-33-19-7-8-20-34(33)28-46(42)52-50(44)32-17-5-2-6-18-32/h1-6,8-18,20-30,49,51H,7,19H2. The van der Waals surface area contributed by atoms with E-state index >= 15 is 0 Å². The van der Waals surface area contributed by atoms with Crippen LogP contribution in [0.3, 0.4) is 0 Å². The lowest BCUT2D eigenvalue weighted by Gasteiger charge is -2.32. The van der Waals surface area contributed by atoms with E-state index in [9.17, 15) is 0 Å². The Hall–Kier alpha value is -6.51. The third-order valence-corrected chi connectivity index (χ3v) is 11.3. The van der Waals surface area contributed by atoms with Gasteiger partial charge in [0.2, 0.25) is 0 Å². The van der Waals surface area contributed by atoms with Crippen molar-refractivity contribution < 1.29 is 0 Å². The van der Waals surface area contributed by atoms with Crippen molar-refractivity contribution in [2.45, 2.75) is 18.9 Å². The van der Waals surface area contributed by atoms with Crippen molar-refractivity contribution in [3.05, 3.63) is 186 Å². The second kappa shape index (κ2) is 11.5. The first-order chi connectivity index (χ1) is 25.8. The Balaban J connectivity index is 1.29. The minimum absolute atomic E-state index is 0.00638. The number of nitrogens with one attached hydrogen (secondary N) is 1. The van der Waals surface area contributed by atoms with E-state index in [-0.39, 0.29) is 6.04 Å². The summed E-state index contributed by atoms with van der Waals surface area (Å²) >= 11 is 0. The highest BCUT2D eigenvalue weighted by Crippen LogP contribution is 2.50. The van der Waals surface area contributed by atoms with Gasteiger partial charge in [0.25, 0.3) is 0 Å². The SMILES string of the molecule is C1=Cc2cc3nc(-c4ccccc4)c4cc(-c5cc6c(c7ccccc57)-c5ccccc5NC6c5ccccc5)c5ccccc5c4c3cc2CC1. The van der Waals surface area contributed by atoms with Crippen LogP contribution < -0.4 is 5.32 Å². The number of allylic oxidation sites excluding steroid dienone is 1. The molecule has 0 radical (unpaired) electrons. The molecular weight excluding hydrogens is 629 g/mol. The average molecular weight is 663 g/mol. The molecule has 1 atom stereocenters. The number of rotatable bonds is 3.